The molecular weight excluding hydrogens is 375 g/mol. The quantitative estimate of drug-likeness (QED) is 0.399. The van der Waals surface area contributed by atoms with Gasteiger partial charge in [0.1, 0.15) is 18.1 Å². The van der Waals surface area contributed by atoms with Crippen molar-refractivity contribution in [1.82, 2.24) is 10.4 Å². The molecule has 11 heteroatoms. The van der Waals surface area contributed by atoms with Gasteiger partial charge in [-0.25, -0.2) is 0 Å². The molecule has 134 valence electrons. The van der Waals surface area contributed by atoms with Crippen molar-refractivity contribution in [3.8, 4) is 0 Å². The van der Waals surface area contributed by atoms with E-state index in [9.17, 15) is 24.3 Å². The fourth-order valence-corrected chi connectivity index (χ4v) is 3.48. The predicted molar refractivity (Wildman–Crippen MR) is 80.4 cm³/mol. The fraction of sp³-hybridized carbons (Fsp3) is 0.467. The number of ether oxygens (including phenoxy) is 1. The van der Waals surface area contributed by atoms with E-state index in [0.29, 0.717) is 5.06 Å². The minimum absolute atomic E-state index is 0. The molecule has 0 spiro atoms. The third kappa shape index (κ3) is 3.79. The van der Waals surface area contributed by atoms with Gasteiger partial charge < -0.3 is 20.0 Å². The molecule has 1 aromatic rings. The molecule has 26 heavy (non-hydrogen) atoms. The van der Waals surface area contributed by atoms with Gasteiger partial charge in [0.2, 0.25) is 5.91 Å². The Morgan fingerprint density at radius 3 is 2.73 bits per heavy atom. The van der Waals surface area contributed by atoms with E-state index in [1.807, 2.05) is 5.38 Å². The number of hydrogen-bond donors (Lipinski definition) is 1. The topological polar surface area (TPSA) is 125 Å². The van der Waals surface area contributed by atoms with Crippen LogP contribution in [-0.2, 0) is 35.2 Å². The molecule has 1 N–H and O–H groups in total. The van der Waals surface area contributed by atoms with Gasteiger partial charge in [-0.15, -0.1) is 11.3 Å². The summed E-state index contributed by atoms with van der Waals surface area (Å²) in [6.07, 6.45) is -1.18. The Hall–Kier alpha value is -1.46. The molecule has 2 fully saturated rings. The first-order valence-corrected chi connectivity index (χ1v) is 8.47. The van der Waals surface area contributed by atoms with Gasteiger partial charge in [0.15, 0.2) is 0 Å². The molecule has 2 aliphatic rings. The molecule has 0 radical (unpaired) electrons. The number of rotatable bonds is 5. The van der Waals surface area contributed by atoms with Crippen LogP contribution in [0.4, 0.5) is 0 Å². The molecular formula is C15H15N2NaO7S. The molecule has 2 saturated heterocycles. The zero-order valence-corrected chi connectivity index (χ0v) is 17.0. The van der Waals surface area contributed by atoms with Gasteiger partial charge in [-0.2, -0.15) is 5.06 Å². The summed E-state index contributed by atoms with van der Waals surface area (Å²) in [5.74, 6) is -3.71. The number of esters is 1. The smallest absolute Gasteiger partial charge is 0.544 e. The summed E-state index contributed by atoms with van der Waals surface area (Å²) >= 11 is 1.40. The zero-order chi connectivity index (χ0) is 18.2. The van der Waals surface area contributed by atoms with Crippen LogP contribution < -0.4 is 40.0 Å². The number of carbonyl (C=O) groups excluding carboxylic acids is 4. The number of thiophene rings is 1. The number of nitrogens with zero attached hydrogens (tertiary/aromatic N) is 1. The summed E-state index contributed by atoms with van der Waals surface area (Å²) in [6.45, 7) is 1.51. The van der Waals surface area contributed by atoms with Crippen molar-refractivity contribution >= 4 is 35.1 Å². The molecule has 1 unspecified atom stereocenters. The third-order valence-corrected chi connectivity index (χ3v) is 4.91. The average Bonchev–Trinajstić information content (AvgIpc) is 3.24. The van der Waals surface area contributed by atoms with Gasteiger partial charge in [-0.1, -0.05) is 6.07 Å². The Morgan fingerprint density at radius 1 is 1.46 bits per heavy atom. The minimum atomic E-state index is -2.30. The maximum absolute atomic E-state index is 12.6. The molecule has 2 aliphatic heterocycles. The first kappa shape index (κ1) is 20.8. The zero-order valence-electron chi connectivity index (χ0n) is 14.2. The summed E-state index contributed by atoms with van der Waals surface area (Å²) < 4.78 is 4.82. The number of carboxylic acid groups (broad SMARTS) is 1. The van der Waals surface area contributed by atoms with Crippen LogP contribution in [-0.4, -0.2) is 46.7 Å². The summed E-state index contributed by atoms with van der Waals surface area (Å²) in [5.41, 5.74) is -2.30. The summed E-state index contributed by atoms with van der Waals surface area (Å²) in [6, 6.07) is 2.51. The van der Waals surface area contributed by atoms with E-state index in [1.54, 1.807) is 12.1 Å². The number of aliphatic carboxylic acids is 1. The van der Waals surface area contributed by atoms with Crippen LogP contribution in [0.5, 0.6) is 0 Å². The minimum Gasteiger partial charge on any atom is -0.544 e. The molecule has 3 atom stereocenters. The molecule has 3 heterocycles. The second-order valence-corrected chi connectivity index (χ2v) is 6.82. The van der Waals surface area contributed by atoms with Gasteiger partial charge in [-0.05, 0) is 18.4 Å². The van der Waals surface area contributed by atoms with Gasteiger partial charge in [0.05, 0.1) is 12.8 Å². The number of hydroxylamine groups is 2. The molecule has 1 aromatic heterocycles. The van der Waals surface area contributed by atoms with E-state index in [0.717, 1.165) is 4.88 Å². The Morgan fingerprint density at radius 2 is 2.19 bits per heavy atom. The molecule has 2 amide bonds. The molecule has 3 rings (SSSR count). The summed E-state index contributed by atoms with van der Waals surface area (Å²) in [5, 5.41) is 16.4. The van der Waals surface area contributed by atoms with Gasteiger partial charge in [-0.3, -0.25) is 19.2 Å². The van der Waals surface area contributed by atoms with Crippen LogP contribution in [0.1, 0.15) is 24.6 Å². The Labute approximate surface area is 174 Å². The molecule has 0 aliphatic carbocycles. The van der Waals surface area contributed by atoms with Crippen LogP contribution in [0.15, 0.2) is 17.5 Å². The number of hydrogen-bond acceptors (Lipinski definition) is 8. The van der Waals surface area contributed by atoms with E-state index < -0.39 is 41.6 Å². The SMILES string of the molecule is C[C@H]1ON(C2(C(=O)[O-])CCC(=O)O2)C(=O)[C@H]1NC(=O)Cc1cccs1.[Na+]. The average molecular weight is 390 g/mol. The van der Waals surface area contributed by atoms with Crippen molar-refractivity contribution in [2.75, 3.05) is 0 Å². The van der Waals surface area contributed by atoms with Gasteiger partial charge in [0.25, 0.3) is 11.6 Å². The van der Waals surface area contributed by atoms with Crippen LogP contribution in [0, 0.1) is 0 Å². The van der Waals surface area contributed by atoms with Crippen LogP contribution >= 0.6 is 11.3 Å². The number of carbonyl (C=O) groups is 4. The predicted octanol–water partition coefficient (Wildman–Crippen LogP) is -4.28. The molecule has 0 aromatic carbocycles. The largest absolute Gasteiger partial charge is 1.00 e. The number of nitrogens with one attached hydrogen (secondary N) is 1. The number of carboxylic acids is 1. The summed E-state index contributed by atoms with van der Waals surface area (Å²) in [7, 11) is 0. The fourth-order valence-electron chi connectivity index (χ4n) is 2.78. The van der Waals surface area contributed by atoms with Gasteiger partial charge in [0, 0.05) is 11.3 Å². The molecule has 0 saturated carbocycles. The Bertz CT molecular complexity index is 726. The van der Waals surface area contributed by atoms with Crippen molar-refractivity contribution in [2.24, 2.45) is 0 Å². The van der Waals surface area contributed by atoms with Crippen LogP contribution in [0.25, 0.3) is 0 Å². The maximum Gasteiger partial charge on any atom is 1.00 e. The van der Waals surface area contributed by atoms with Gasteiger partial charge >= 0.3 is 35.5 Å². The van der Waals surface area contributed by atoms with Crippen molar-refractivity contribution in [1.29, 1.82) is 0 Å². The first-order chi connectivity index (χ1) is 11.8. The second kappa shape index (κ2) is 8.05. The van der Waals surface area contributed by atoms with Crippen LogP contribution in [0.2, 0.25) is 0 Å². The Balaban J connectivity index is 0.00000243. The number of amides is 2. The van der Waals surface area contributed by atoms with E-state index in [2.05, 4.69) is 5.32 Å². The Kier molecular flexibility index (Phi) is 6.46. The van der Waals surface area contributed by atoms with E-state index in [-0.39, 0.29) is 48.8 Å². The van der Waals surface area contributed by atoms with E-state index in [1.165, 1.54) is 18.3 Å². The number of cyclic esters (lactones) is 1. The molecule has 0 bridgehead atoms. The van der Waals surface area contributed by atoms with Crippen molar-refractivity contribution < 1.29 is 63.4 Å². The molecule has 9 nitrogen and oxygen atoms in total. The standard InChI is InChI=1S/C15H16N2O7S.Na/c1-8-12(16-10(18)7-9-3-2-6-25-9)13(20)17(24-8)15(14(21)22)5-4-11(19)23-15;/h2-3,6,8,12H,4-5,7H2,1H3,(H,16,18)(H,21,22);/q;+1/p-1/t8-,12+,15?;/m1./s1. The first-order valence-electron chi connectivity index (χ1n) is 7.59. The van der Waals surface area contributed by atoms with Crippen molar-refractivity contribution in [2.45, 2.75) is 44.1 Å². The maximum atomic E-state index is 12.6. The van der Waals surface area contributed by atoms with E-state index in [4.69, 9.17) is 9.57 Å². The van der Waals surface area contributed by atoms with Crippen molar-refractivity contribution in [3.05, 3.63) is 22.4 Å². The normalized spacial score (nSPS) is 27.8. The monoisotopic (exact) mass is 390 g/mol. The van der Waals surface area contributed by atoms with E-state index >= 15 is 0 Å². The van der Waals surface area contributed by atoms with Crippen molar-refractivity contribution in [3.63, 3.8) is 0 Å². The second-order valence-electron chi connectivity index (χ2n) is 5.79. The summed E-state index contributed by atoms with van der Waals surface area (Å²) in [4.78, 5) is 53.7. The van der Waals surface area contributed by atoms with Crippen LogP contribution in [0.3, 0.4) is 0 Å². The third-order valence-electron chi connectivity index (χ3n) is 4.04.